The Morgan fingerprint density at radius 2 is 1.87 bits per heavy atom. The Hall–Kier alpha value is -3.60. The van der Waals surface area contributed by atoms with Gasteiger partial charge < -0.3 is 23.6 Å². The van der Waals surface area contributed by atoms with Gasteiger partial charge in [-0.05, 0) is 50.7 Å². The topological polar surface area (TPSA) is 99.8 Å². The molecule has 0 amide bonds. The van der Waals surface area contributed by atoms with Crippen LogP contribution in [0, 0.1) is 0 Å². The first-order valence-electron chi connectivity index (χ1n) is 12.8. The molecular formula is C27H28F2N4O5. The number of rotatable bonds is 9. The van der Waals surface area contributed by atoms with Crippen LogP contribution in [0.1, 0.15) is 66.3 Å². The van der Waals surface area contributed by atoms with E-state index in [1.54, 1.807) is 24.4 Å². The fourth-order valence-corrected chi connectivity index (χ4v) is 5.70. The molecule has 1 saturated carbocycles. The third-order valence-corrected chi connectivity index (χ3v) is 7.58. The first-order chi connectivity index (χ1) is 18.5. The number of ether oxygens (including phenoxy) is 3. The van der Waals surface area contributed by atoms with E-state index in [0.717, 1.165) is 55.7 Å². The van der Waals surface area contributed by atoms with E-state index in [1.165, 1.54) is 19.4 Å². The van der Waals surface area contributed by atoms with Crippen molar-refractivity contribution < 1.29 is 32.3 Å². The van der Waals surface area contributed by atoms with Crippen molar-refractivity contribution in [2.75, 3.05) is 12.0 Å². The summed E-state index contributed by atoms with van der Waals surface area (Å²) < 4.78 is 47.7. The average molecular weight is 527 g/mol. The molecule has 11 heteroatoms. The van der Waals surface area contributed by atoms with Crippen LogP contribution in [0.2, 0.25) is 0 Å². The quantitative estimate of drug-likeness (QED) is 0.352. The zero-order valence-corrected chi connectivity index (χ0v) is 20.9. The summed E-state index contributed by atoms with van der Waals surface area (Å²) >= 11 is 0. The van der Waals surface area contributed by atoms with Crippen LogP contribution >= 0.6 is 0 Å². The third-order valence-electron chi connectivity index (χ3n) is 7.58. The van der Waals surface area contributed by atoms with E-state index in [2.05, 4.69) is 20.0 Å². The molecule has 0 N–H and O–H groups in total. The lowest BCUT2D eigenvalue weighted by atomic mass is 9.99. The minimum Gasteiger partial charge on any atom is -0.464 e. The molecule has 2 saturated heterocycles. The minimum absolute atomic E-state index is 0.0217. The predicted molar refractivity (Wildman–Crippen MR) is 131 cm³/mol. The number of carbonyl (C=O) groups is 1. The van der Waals surface area contributed by atoms with Gasteiger partial charge in [0.1, 0.15) is 23.0 Å². The van der Waals surface area contributed by atoms with Gasteiger partial charge in [-0.2, -0.15) is 8.78 Å². The zero-order valence-electron chi connectivity index (χ0n) is 20.9. The Kier molecular flexibility index (Phi) is 6.69. The molecule has 2 bridgehead atoms. The molecule has 38 heavy (non-hydrogen) atoms. The van der Waals surface area contributed by atoms with Crippen molar-refractivity contribution in [3.8, 4) is 17.0 Å². The van der Waals surface area contributed by atoms with Crippen molar-refractivity contribution >= 4 is 11.8 Å². The molecule has 4 heterocycles. The predicted octanol–water partition coefficient (Wildman–Crippen LogP) is 5.11. The Labute approximate surface area is 218 Å². The standard InChI is InChI=1S/C27H28F2N4O5/c1-35-26(34)21-12-31-23(13-30-21)33-16-8-9-17(33)11-18(10-16)36-14-20-24(32-38-25(20)15-6-7-15)19-4-2-3-5-22(19)37-27(28)29/h2-5,12-13,15-18,27H,6-11,14H2,1H3/t16-,17?,18?/m0/s1. The summed E-state index contributed by atoms with van der Waals surface area (Å²) in [5, 5.41) is 4.26. The fraction of sp³-hybridized carbons (Fsp3) is 0.481. The molecule has 9 nitrogen and oxygen atoms in total. The molecule has 200 valence electrons. The van der Waals surface area contributed by atoms with Crippen molar-refractivity contribution in [2.45, 2.75) is 75.8 Å². The third kappa shape index (κ3) is 4.82. The van der Waals surface area contributed by atoms with E-state index < -0.39 is 12.6 Å². The summed E-state index contributed by atoms with van der Waals surface area (Å²) in [6.45, 7) is -2.65. The zero-order chi connectivity index (χ0) is 26.2. The number of halogens is 2. The normalized spacial score (nSPS) is 22.6. The van der Waals surface area contributed by atoms with Crippen molar-refractivity contribution in [1.29, 1.82) is 0 Å². The highest BCUT2D eigenvalue weighted by Crippen LogP contribution is 2.46. The number of carbonyl (C=O) groups excluding carboxylic acids is 1. The first kappa shape index (κ1) is 24.7. The van der Waals surface area contributed by atoms with Gasteiger partial charge in [-0.1, -0.05) is 17.3 Å². The number of nitrogens with zero attached hydrogens (tertiary/aromatic N) is 4. The van der Waals surface area contributed by atoms with E-state index in [4.69, 9.17) is 18.7 Å². The van der Waals surface area contributed by atoms with Gasteiger partial charge in [0.25, 0.3) is 0 Å². The molecule has 3 atom stereocenters. The maximum Gasteiger partial charge on any atom is 0.387 e. The maximum atomic E-state index is 13.0. The molecule has 0 spiro atoms. The number of anilines is 1. The molecule has 0 radical (unpaired) electrons. The van der Waals surface area contributed by atoms with Crippen LogP contribution in [-0.4, -0.2) is 53.0 Å². The number of fused-ring (bicyclic) bond motifs is 2. The fourth-order valence-electron chi connectivity index (χ4n) is 5.70. The van der Waals surface area contributed by atoms with Crippen LogP contribution in [0.3, 0.4) is 0 Å². The van der Waals surface area contributed by atoms with Gasteiger partial charge in [-0.3, -0.25) is 0 Å². The van der Waals surface area contributed by atoms with E-state index >= 15 is 0 Å². The lowest BCUT2D eigenvalue weighted by molar-refractivity contribution is -0.0494. The highest BCUT2D eigenvalue weighted by molar-refractivity contribution is 5.86. The van der Waals surface area contributed by atoms with Gasteiger partial charge in [0.2, 0.25) is 0 Å². The van der Waals surface area contributed by atoms with E-state index in [-0.39, 0.29) is 42.2 Å². The van der Waals surface area contributed by atoms with Gasteiger partial charge in [0.15, 0.2) is 5.69 Å². The van der Waals surface area contributed by atoms with Crippen LogP contribution in [0.5, 0.6) is 5.75 Å². The Morgan fingerprint density at radius 3 is 2.53 bits per heavy atom. The number of piperidine rings is 1. The number of para-hydroxylation sites is 1. The molecule has 1 aromatic carbocycles. The summed E-state index contributed by atoms with van der Waals surface area (Å²) in [6, 6.07) is 7.13. The van der Waals surface area contributed by atoms with Gasteiger partial charge in [-0.15, -0.1) is 0 Å². The number of esters is 1. The molecule has 3 aromatic rings. The lowest BCUT2D eigenvalue weighted by Gasteiger charge is -2.39. The van der Waals surface area contributed by atoms with Gasteiger partial charge >= 0.3 is 12.6 Å². The van der Waals surface area contributed by atoms with Crippen LogP contribution < -0.4 is 9.64 Å². The van der Waals surface area contributed by atoms with Gasteiger partial charge in [0.05, 0.1) is 32.2 Å². The Bertz CT molecular complexity index is 1280. The minimum atomic E-state index is -2.94. The van der Waals surface area contributed by atoms with E-state index in [9.17, 15) is 13.6 Å². The van der Waals surface area contributed by atoms with Crippen molar-refractivity contribution in [3.05, 3.63) is 53.7 Å². The molecular weight excluding hydrogens is 498 g/mol. The molecule has 6 rings (SSSR count). The summed E-state index contributed by atoms with van der Waals surface area (Å²) in [4.78, 5) is 22.7. The van der Waals surface area contributed by atoms with Crippen LogP contribution in [0.15, 0.2) is 41.2 Å². The summed E-state index contributed by atoms with van der Waals surface area (Å²) in [7, 11) is 1.31. The number of aromatic nitrogens is 3. The second-order valence-corrected chi connectivity index (χ2v) is 9.97. The van der Waals surface area contributed by atoms with Crippen LogP contribution in [-0.2, 0) is 16.1 Å². The molecule has 1 aliphatic carbocycles. The van der Waals surface area contributed by atoms with E-state index in [1.807, 2.05) is 0 Å². The van der Waals surface area contributed by atoms with Crippen molar-refractivity contribution in [3.63, 3.8) is 0 Å². The smallest absolute Gasteiger partial charge is 0.387 e. The van der Waals surface area contributed by atoms with Crippen molar-refractivity contribution in [1.82, 2.24) is 15.1 Å². The lowest BCUT2D eigenvalue weighted by Crippen LogP contribution is -2.46. The maximum absolute atomic E-state index is 13.0. The number of alkyl halides is 2. The summed E-state index contributed by atoms with van der Waals surface area (Å²) in [6.07, 6.45) is 8.81. The largest absolute Gasteiger partial charge is 0.464 e. The van der Waals surface area contributed by atoms with Gasteiger partial charge in [-0.25, -0.2) is 14.8 Å². The van der Waals surface area contributed by atoms with E-state index in [0.29, 0.717) is 11.3 Å². The van der Waals surface area contributed by atoms with Crippen molar-refractivity contribution in [2.24, 2.45) is 0 Å². The summed E-state index contributed by atoms with van der Waals surface area (Å²) in [5.74, 6) is 1.35. The summed E-state index contributed by atoms with van der Waals surface area (Å²) in [5.41, 5.74) is 1.94. The molecule has 3 fully saturated rings. The van der Waals surface area contributed by atoms with Crippen LogP contribution in [0.4, 0.5) is 14.6 Å². The molecule has 2 aromatic heterocycles. The monoisotopic (exact) mass is 526 g/mol. The second-order valence-electron chi connectivity index (χ2n) is 9.97. The number of hydrogen-bond donors (Lipinski definition) is 0. The SMILES string of the molecule is COC(=O)c1cnc(N2C3CC[C@H]2CC(OCc2c(-c4ccccc4OC(F)F)noc2C2CC2)C3)cn1. The first-order valence-corrected chi connectivity index (χ1v) is 12.8. The Morgan fingerprint density at radius 1 is 1.11 bits per heavy atom. The number of benzene rings is 1. The number of hydrogen-bond acceptors (Lipinski definition) is 9. The molecule has 3 aliphatic rings. The highest BCUT2D eigenvalue weighted by Gasteiger charge is 2.42. The number of methoxy groups -OCH3 is 1. The molecule has 2 aliphatic heterocycles. The van der Waals surface area contributed by atoms with Gasteiger partial charge in [0, 0.05) is 29.1 Å². The van der Waals surface area contributed by atoms with Crippen LogP contribution in [0.25, 0.3) is 11.3 Å². The average Bonchev–Trinajstić information content (AvgIpc) is 3.63. The second kappa shape index (κ2) is 10.3. The molecule has 2 unspecified atom stereocenters. The highest BCUT2D eigenvalue weighted by atomic mass is 19.3. The Balaban J connectivity index is 1.17.